The second-order valence-corrected chi connectivity index (χ2v) is 7.25. The van der Waals surface area contributed by atoms with Crippen LogP contribution in [0, 0.1) is 5.92 Å². The van der Waals surface area contributed by atoms with Crippen LogP contribution >= 0.6 is 0 Å². The van der Waals surface area contributed by atoms with Gasteiger partial charge >= 0.3 is 0 Å². The average Bonchev–Trinajstić information content (AvgIpc) is 2.92. The lowest BCUT2D eigenvalue weighted by Crippen LogP contribution is -2.60. The summed E-state index contributed by atoms with van der Waals surface area (Å²) in [6, 6.07) is 0.587. The molecule has 2 rings (SSSR count). The molecule has 1 heterocycles. The van der Waals surface area contributed by atoms with E-state index in [0.717, 1.165) is 12.5 Å². The molecule has 2 fully saturated rings. The van der Waals surface area contributed by atoms with Crippen molar-refractivity contribution in [1.29, 1.82) is 0 Å². The topological polar surface area (TPSA) is 24.5 Å². The first-order chi connectivity index (χ1) is 9.58. The van der Waals surface area contributed by atoms with Crippen molar-refractivity contribution < 1.29 is 4.74 Å². The minimum absolute atomic E-state index is 0.338. The monoisotopic (exact) mass is 282 g/mol. The summed E-state index contributed by atoms with van der Waals surface area (Å²) in [5.74, 6) is 0.852. The molecule has 3 heteroatoms. The van der Waals surface area contributed by atoms with Crippen LogP contribution < -0.4 is 5.32 Å². The highest BCUT2D eigenvalue weighted by Gasteiger charge is 2.42. The van der Waals surface area contributed by atoms with Crippen molar-refractivity contribution in [2.45, 2.75) is 76.0 Å². The van der Waals surface area contributed by atoms with E-state index in [9.17, 15) is 0 Å². The largest absolute Gasteiger partial charge is 0.378 e. The average molecular weight is 282 g/mol. The summed E-state index contributed by atoms with van der Waals surface area (Å²) < 4.78 is 5.81. The lowest BCUT2D eigenvalue weighted by molar-refractivity contribution is 0.0280. The van der Waals surface area contributed by atoms with Crippen LogP contribution in [0.15, 0.2) is 0 Å². The van der Waals surface area contributed by atoms with E-state index >= 15 is 0 Å². The molecule has 1 aliphatic heterocycles. The highest BCUT2D eigenvalue weighted by Crippen LogP contribution is 2.39. The second kappa shape index (κ2) is 7.24. The molecule has 0 aromatic carbocycles. The molecule has 2 aliphatic rings. The molecule has 1 aliphatic carbocycles. The summed E-state index contributed by atoms with van der Waals surface area (Å²) in [6.07, 6.45) is 10.9. The zero-order chi connectivity index (χ0) is 14.6. The van der Waals surface area contributed by atoms with Gasteiger partial charge in [-0.1, -0.05) is 19.8 Å². The van der Waals surface area contributed by atoms with Crippen LogP contribution in [-0.4, -0.2) is 50.3 Å². The van der Waals surface area contributed by atoms with Crippen molar-refractivity contribution in [3.05, 3.63) is 0 Å². The Kier molecular flexibility index (Phi) is 5.88. The number of hydrogen-bond acceptors (Lipinski definition) is 3. The predicted molar refractivity (Wildman–Crippen MR) is 85.1 cm³/mol. The molecule has 0 aromatic rings. The Balaban J connectivity index is 2.00. The van der Waals surface area contributed by atoms with Crippen LogP contribution in [0.1, 0.15) is 58.3 Å². The van der Waals surface area contributed by atoms with E-state index in [1.54, 1.807) is 0 Å². The van der Waals surface area contributed by atoms with E-state index < -0.39 is 0 Å². The van der Waals surface area contributed by atoms with Gasteiger partial charge in [0.15, 0.2) is 0 Å². The zero-order valence-corrected chi connectivity index (χ0v) is 14.0. The maximum absolute atomic E-state index is 5.81. The summed E-state index contributed by atoms with van der Waals surface area (Å²) in [4.78, 5) is 2.50. The molecule has 118 valence electrons. The number of hydrogen-bond donors (Lipinski definition) is 1. The first kappa shape index (κ1) is 16.3. The van der Waals surface area contributed by atoms with Gasteiger partial charge in [-0.05, 0) is 65.6 Å². The van der Waals surface area contributed by atoms with Crippen molar-refractivity contribution in [3.63, 3.8) is 0 Å². The normalized spacial score (nSPS) is 36.5. The van der Waals surface area contributed by atoms with Crippen molar-refractivity contribution in [1.82, 2.24) is 10.2 Å². The van der Waals surface area contributed by atoms with Crippen LogP contribution in [0.5, 0.6) is 0 Å². The van der Waals surface area contributed by atoms with Gasteiger partial charge in [0, 0.05) is 18.2 Å². The van der Waals surface area contributed by atoms with Crippen LogP contribution in [-0.2, 0) is 4.74 Å². The van der Waals surface area contributed by atoms with Crippen molar-refractivity contribution in [2.24, 2.45) is 5.92 Å². The van der Waals surface area contributed by atoms with Gasteiger partial charge in [-0.2, -0.15) is 0 Å². The van der Waals surface area contributed by atoms with Crippen molar-refractivity contribution in [2.75, 3.05) is 27.7 Å². The molecule has 0 radical (unpaired) electrons. The summed E-state index contributed by atoms with van der Waals surface area (Å²) >= 11 is 0. The fourth-order valence-electron chi connectivity index (χ4n) is 4.50. The van der Waals surface area contributed by atoms with Crippen LogP contribution in [0.25, 0.3) is 0 Å². The third-order valence-corrected chi connectivity index (χ3v) is 5.70. The third kappa shape index (κ3) is 3.55. The van der Waals surface area contributed by atoms with Crippen molar-refractivity contribution in [3.8, 4) is 0 Å². The maximum atomic E-state index is 5.81. The molecule has 0 amide bonds. The Morgan fingerprint density at radius 3 is 2.65 bits per heavy atom. The first-order valence-electron chi connectivity index (χ1n) is 8.55. The molecule has 0 bridgehead atoms. The van der Waals surface area contributed by atoms with E-state index in [-0.39, 0.29) is 0 Å². The Bertz CT molecular complexity index is 289. The minimum Gasteiger partial charge on any atom is -0.378 e. The molecule has 1 saturated carbocycles. The smallest absolute Gasteiger partial charge is 0.0576 e. The van der Waals surface area contributed by atoms with Gasteiger partial charge in [-0.25, -0.2) is 0 Å². The highest BCUT2D eigenvalue weighted by molar-refractivity contribution is 5.01. The van der Waals surface area contributed by atoms with Gasteiger partial charge in [0.1, 0.15) is 0 Å². The van der Waals surface area contributed by atoms with Gasteiger partial charge in [0.25, 0.3) is 0 Å². The van der Waals surface area contributed by atoms with E-state index in [0.29, 0.717) is 17.7 Å². The molecule has 20 heavy (non-hydrogen) atoms. The van der Waals surface area contributed by atoms with Gasteiger partial charge in [-0.3, -0.25) is 0 Å². The summed E-state index contributed by atoms with van der Waals surface area (Å²) in [5, 5.41) is 3.64. The quantitative estimate of drug-likeness (QED) is 0.810. The molecule has 1 saturated heterocycles. The minimum atomic E-state index is 0.338. The van der Waals surface area contributed by atoms with E-state index in [1.807, 2.05) is 0 Å². The number of rotatable bonds is 6. The molecule has 0 aromatic heterocycles. The number of likely N-dealkylation sites (N-methyl/N-ethyl adjacent to an activating group) is 2. The van der Waals surface area contributed by atoms with E-state index in [4.69, 9.17) is 4.74 Å². The van der Waals surface area contributed by atoms with Crippen LogP contribution in [0.3, 0.4) is 0 Å². The fourth-order valence-corrected chi connectivity index (χ4v) is 4.50. The summed E-state index contributed by atoms with van der Waals surface area (Å²) in [5.41, 5.74) is 0.338. The maximum Gasteiger partial charge on any atom is 0.0576 e. The molecule has 3 nitrogen and oxygen atoms in total. The summed E-state index contributed by atoms with van der Waals surface area (Å²) in [7, 11) is 6.69. The lowest BCUT2D eigenvalue weighted by atomic mass is 9.70. The number of ether oxygens (including phenoxy) is 1. The molecule has 0 spiro atoms. The van der Waals surface area contributed by atoms with E-state index in [1.165, 1.54) is 51.4 Å². The zero-order valence-electron chi connectivity index (χ0n) is 14.0. The predicted octanol–water partition coefficient (Wildman–Crippen LogP) is 3.04. The van der Waals surface area contributed by atoms with Crippen LogP contribution in [0.2, 0.25) is 0 Å². The third-order valence-electron chi connectivity index (χ3n) is 5.70. The first-order valence-corrected chi connectivity index (χ1v) is 8.55. The molecule has 1 N–H and O–H groups in total. The van der Waals surface area contributed by atoms with E-state index in [2.05, 4.69) is 38.3 Å². The standard InChI is InChI=1S/C17H34N2O/c1-14-7-5-11-17(13-14,19(3)4)16(18-2)10-9-15-8-6-12-20-15/h14-16,18H,5-13H2,1-4H3. The van der Waals surface area contributed by atoms with Gasteiger partial charge in [0.05, 0.1) is 6.10 Å². The molecule has 4 unspecified atom stereocenters. The molecule has 4 atom stereocenters. The number of nitrogens with zero attached hydrogens (tertiary/aromatic N) is 1. The second-order valence-electron chi connectivity index (χ2n) is 7.25. The lowest BCUT2D eigenvalue weighted by Gasteiger charge is -2.50. The van der Waals surface area contributed by atoms with Gasteiger partial charge in [0.2, 0.25) is 0 Å². The molecular formula is C17H34N2O. The molecular weight excluding hydrogens is 248 g/mol. The Morgan fingerprint density at radius 1 is 1.30 bits per heavy atom. The van der Waals surface area contributed by atoms with Crippen molar-refractivity contribution >= 4 is 0 Å². The van der Waals surface area contributed by atoms with Gasteiger partial charge in [-0.15, -0.1) is 0 Å². The van der Waals surface area contributed by atoms with Crippen LogP contribution in [0.4, 0.5) is 0 Å². The number of nitrogens with one attached hydrogen (secondary N) is 1. The van der Waals surface area contributed by atoms with Gasteiger partial charge < -0.3 is 15.0 Å². The fraction of sp³-hybridized carbons (Fsp3) is 1.00. The SMILES string of the molecule is CNC(CCC1CCCO1)C1(N(C)C)CCCC(C)C1. The Hall–Kier alpha value is -0.120. The Labute approximate surface area is 125 Å². The highest BCUT2D eigenvalue weighted by atomic mass is 16.5. The summed E-state index contributed by atoms with van der Waals surface area (Å²) in [6.45, 7) is 3.40. The Morgan fingerprint density at radius 2 is 2.10 bits per heavy atom.